The minimum Gasteiger partial charge on any atom is -0.353 e. The molecule has 0 aliphatic carbocycles. The summed E-state index contributed by atoms with van der Waals surface area (Å²) in [6.07, 6.45) is 2.52. The van der Waals surface area contributed by atoms with Gasteiger partial charge >= 0.3 is 0 Å². The molecule has 0 saturated heterocycles. The lowest BCUT2D eigenvalue weighted by Gasteiger charge is -2.16. The summed E-state index contributed by atoms with van der Waals surface area (Å²) in [5.41, 5.74) is 5.43. The summed E-state index contributed by atoms with van der Waals surface area (Å²) in [5.74, 6) is 0. The zero-order valence-electron chi connectivity index (χ0n) is 9.63. The van der Waals surface area contributed by atoms with Crippen LogP contribution in [0.4, 0.5) is 0 Å². The molecule has 0 aliphatic heterocycles. The second kappa shape index (κ2) is 11.2. The van der Waals surface area contributed by atoms with E-state index in [0.717, 1.165) is 25.8 Å². The van der Waals surface area contributed by atoms with Gasteiger partial charge in [0.1, 0.15) is 0 Å². The molecule has 2 N–H and O–H groups in total. The number of nitrogens with two attached hydrogens (primary N) is 1. The zero-order valence-corrected chi connectivity index (χ0v) is 11.0. The van der Waals surface area contributed by atoms with E-state index >= 15 is 0 Å². The van der Waals surface area contributed by atoms with Crippen molar-refractivity contribution in [1.82, 2.24) is 0 Å². The average Bonchev–Trinajstić information content (AvgIpc) is 2.18. The number of ether oxygens (including phenoxy) is 2. The summed E-state index contributed by atoms with van der Waals surface area (Å²) in [4.78, 5) is 0. The van der Waals surface area contributed by atoms with E-state index < -0.39 is 0 Å². The highest BCUT2D eigenvalue weighted by Gasteiger charge is 2.06. The van der Waals surface area contributed by atoms with Gasteiger partial charge in [0.25, 0.3) is 0 Å². The van der Waals surface area contributed by atoms with Gasteiger partial charge in [0, 0.05) is 22.7 Å². The Morgan fingerprint density at radius 3 is 2.29 bits per heavy atom. The van der Waals surface area contributed by atoms with E-state index in [1.54, 1.807) is 0 Å². The standard InChI is InChI=1S/C10H25NO2Si/c1-3-12-10(13-4-2)9-14-8-6-5-7-11/h10H,3-9,11,14H2,1-2H3. The number of hydrogen-bond donors (Lipinski definition) is 1. The zero-order chi connectivity index (χ0) is 10.6. The lowest BCUT2D eigenvalue weighted by atomic mass is 10.3. The van der Waals surface area contributed by atoms with Crippen LogP contribution in [0.25, 0.3) is 0 Å². The minimum atomic E-state index is -0.00262. The van der Waals surface area contributed by atoms with Gasteiger partial charge in [-0.3, -0.25) is 0 Å². The van der Waals surface area contributed by atoms with Gasteiger partial charge in [0.2, 0.25) is 0 Å². The van der Waals surface area contributed by atoms with E-state index in [2.05, 4.69) is 0 Å². The third-order valence-electron chi connectivity index (χ3n) is 2.10. The molecule has 3 nitrogen and oxygen atoms in total. The van der Waals surface area contributed by atoms with Crippen molar-refractivity contribution in [3.05, 3.63) is 0 Å². The molecule has 0 amide bonds. The van der Waals surface area contributed by atoms with E-state index in [4.69, 9.17) is 15.2 Å². The minimum absolute atomic E-state index is 0.00262. The summed E-state index contributed by atoms with van der Waals surface area (Å²) in [5, 5.41) is 0. The van der Waals surface area contributed by atoms with Crippen LogP contribution in [0, 0.1) is 0 Å². The SMILES string of the molecule is CCOC(C[SiH2]CCCCN)OCC. The van der Waals surface area contributed by atoms with Gasteiger partial charge < -0.3 is 15.2 Å². The number of hydrogen-bond acceptors (Lipinski definition) is 3. The monoisotopic (exact) mass is 219 g/mol. The smallest absolute Gasteiger partial charge is 0.154 e. The van der Waals surface area contributed by atoms with Crippen molar-refractivity contribution in [2.75, 3.05) is 19.8 Å². The van der Waals surface area contributed by atoms with Crippen LogP contribution in [-0.4, -0.2) is 35.6 Å². The molecular weight excluding hydrogens is 194 g/mol. The molecule has 0 atom stereocenters. The van der Waals surface area contributed by atoms with E-state index in [-0.39, 0.29) is 15.8 Å². The second-order valence-electron chi connectivity index (χ2n) is 3.33. The molecule has 0 unspecified atom stereocenters. The molecule has 0 rings (SSSR count). The fourth-order valence-electron chi connectivity index (χ4n) is 1.40. The fourth-order valence-corrected chi connectivity index (χ4v) is 3.06. The Bertz CT molecular complexity index is 108. The van der Waals surface area contributed by atoms with Crippen molar-refractivity contribution in [2.45, 2.75) is 45.1 Å². The molecule has 0 spiro atoms. The van der Waals surface area contributed by atoms with Gasteiger partial charge in [-0.1, -0.05) is 12.5 Å². The van der Waals surface area contributed by atoms with Gasteiger partial charge in [-0.25, -0.2) is 0 Å². The van der Waals surface area contributed by atoms with Crippen LogP contribution < -0.4 is 5.73 Å². The second-order valence-corrected chi connectivity index (χ2v) is 5.32. The molecule has 0 saturated carbocycles. The normalized spacial score (nSPS) is 12.0. The van der Waals surface area contributed by atoms with E-state index in [0.29, 0.717) is 0 Å². The topological polar surface area (TPSA) is 44.5 Å². The summed E-state index contributed by atoms with van der Waals surface area (Å²) < 4.78 is 11.0. The van der Waals surface area contributed by atoms with Crippen LogP contribution in [0.3, 0.4) is 0 Å². The third kappa shape index (κ3) is 8.68. The lowest BCUT2D eigenvalue weighted by Crippen LogP contribution is -2.19. The molecule has 4 heteroatoms. The first kappa shape index (κ1) is 14.1. The van der Waals surface area contributed by atoms with Crippen molar-refractivity contribution in [2.24, 2.45) is 5.73 Å². The Morgan fingerprint density at radius 2 is 1.79 bits per heavy atom. The van der Waals surface area contributed by atoms with Crippen LogP contribution in [-0.2, 0) is 9.47 Å². The highest BCUT2D eigenvalue weighted by Crippen LogP contribution is 2.04. The fraction of sp³-hybridized carbons (Fsp3) is 1.00. The van der Waals surface area contributed by atoms with Crippen molar-refractivity contribution in [3.8, 4) is 0 Å². The lowest BCUT2D eigenvalue weighted by molar-refractivity contribution is -0.123. The Hall–Kier alpha value is 0.0969. The van der Waals surface area contributed by atoms with Gasteiger partial charge in [0.15, 0.2) is 6.29 Å². The molecule has 0 bridgehead atoms. The summed E-state index contributed by atoms with van der Waals surface area (Å²) in [7, 11) is -0.00262. The van der Waals surface area contributed by atoms with Gasteiger partial charge in [-0.15, -0.1) is 0 Å². The van der Waals surface area contributed by atoms with Crippen LogP contribution in [0.1, 0.15) is 26.7 Å². The molecule has 14 heavy (non-hydrogen) atoms. The summed E-state index contributed by atoms with van der Waals surface area (Å²) in [6.45, 7) is 6.36. The molecule has 0 aromatic carbocycles. The predicted molar refractivity (Wildman–Crippen MR) is 63.5 cm³/mol. The van der Waals surface area contributed by atoms with Crippen molar-refractivity contribution in [3.63, 3.8) is 0 Å². The van der Waals surface area contributed by atoms with Crippen molar-refractivity contribution < 1.29 is 9.47 Å². The Balaban J connectivity index is 3.30. The maximum Gasteiger partial charge on any atom is 0.154 e. The predicted octanol–water partition coefficient (Wildman–Crippen LogP) is 1.13. The molecule has 86 valence electrons. The molecular formula is C10H25NO2Si. The highest BCUT2D eigenvalue weighted by molar-refractivity contribution is 6.35. The molecule has 0 heterocycles. The number of rotatable bonds is 10. The van der Waals surface area contributed by atoms with Crippen LogP contribution in [0.5, 0.6) is 0 Å². The van der Waals surface area contributed by atoms with Crippen molar-refractivity contribution >= 4 is 9.52 Å². The molecule has 0 aliphatic rings. The molecule has 0 radical (unpaired) electrons. The van der Waals surface area contributed by atoms with E-state index in [9.17, 15) is 0 Å². The Kier molecular flexibility index (Phi) is 11.3. The third-order valence-corrected chi connectivity index (χ3v) is 3.98. The van der Waals surface area contributed by atoms with Crippen molar-refractivity contribution in [1.29, 1.82) is 0 Å². The van der Waals surface area contributed by atoms with Gasteiger partial charge in [-0.2, -0.15) is 0 Å². The summed E-state index contributed by atoms with van der Waals surface area (Å²) in [6, 6.07) is 2.51. The van der Waals surface area contributed by atoms with Gasteiger partial charge in [-0.05, 0) is 32.9 Å². The first-order chi connectivity index (χ1) is 6.85. The highest BCUT2D eigenvalue weighted by atomic mass is 28.2. The number of unbranched alkanes of at least 4 members (excludes halogenated alkanes) is 1. The first-order valence-corrected chi connectivity index (χ1v) is 7.78. The van der Waals surface area contributed by atoms with Crippen LogP contribution >= 0.6 is 0 Å². The van der Waals surface area contributed by atoms with Gasteiger partial charge in [0.05, 0.1) is 0 Å². The first-order valence-electron chi connectivity index (χ1n) is 5.78. The maximum atomic E-state index is 5.48. The Labute approximate surface area is 90.2 Å². The largest absolute Gasteiger partial charge is 0.353 e. The quantitative estimate of drug-likeness (QED) is 0.340. The Morgan fingerprint density at radius 1 is 1.14 bits per heavy atom. The molecule has 0 fully saturated rings. The average molecular weight is 219 g/mol. The molecule has 0 aromatic rings. The van der Waals surface area contributed by atoms with Crippen LogP contribution in [0.2, 0.25) is 12.1 Å². The summed E-state index contributed by atoms with van der Waals surface area (Å²) >= 11 is 0. The maximum absolute atomic E-state index is 5.48. The van der Waals surface area contributed by atoms with Crippen LogP contribution in [0.15, 0.2) is 0 Å². The molecule has 0 aromatic heterocycles. The van der Waals surface area contributed by atoms with E-state index in [1.807, 2.05) is 13.8 Å². The van der Waals surface area contributed by atoms with E-state index in [1.165, 1.54) is 18.9 Å².